The van der Waals surface area contributed by atoms with Crippen LogP contribution < -0.4 is 10.1 Å². The van der Waals surface area contributed by atoms with Gasteiger partial charge in [0, 0.05) is 54.3 Å². The standard InChI is InChI=1S/C31H44FN3O2Si/c1-30(2,3)38(5,6)37-18-17-35-27-19-24(36-4)11-12-25(27)29-28(35)21-34(20-23-9-7-8-10-26(23)32)22-31(29)13-15-33-16-14-31/h7-12,19,33H,13-18,20-22H2,1-6H3. The van der Waals surface area contributed by atoms with Gasteiger partial charge in [-0.05, 0) is 67.8 Å². The van der Waals surface area contributed by atoms with Gasteiger partial charge >= 0.3 is 0 Å². The van der Waals surface area contributed by atoms with E-state index in [0.717, 1.165) is 56.9 Å². The first-order valence-corrected chi connectivity index (χ1v) is 17.0. The maximum Gasteiger partial charge on any atom is 0.192 e. The van der Waals surface area contributed by atoms with Gasteiger partial charge in [-0.25, -0.2) is 4.39 Å². The molecule has 206 valence electrons. The van der Waals surface area contributed by atoms with Crippen molar-refractivity contribution >= 4 is 19.2 Å². The number of benzene rings is 2. The Morgan fingerprint density at radius 3 is 2.50 bits per heavy atom. The lowest BCUT2D eigenvalue weighted by molar-refractivity contribution is 0.135. The number of nitrogens with zero attached hydrogens (tertiary/aromatic N) is 2. The molecule has 5 nitrogen and oxygen atoms in total. The third-order valence-electron chi connectivity index (χ3n) is 9.31. The summed E-state index contributed by atoms with van der Waals surface area (Å²) >= 11 is 0. The van der Waals surface area contributed by atoms with Crippen LogP contribution in [-0.2, 0) is 29.5 Å². The van der Waals surface area contributed by atoms with E-state index in [4.69, 9.17) is 9.16 Å². The van der Waals surface area contributed by atoms with Crippen molar-refractivity contribution in [2.45, 2.75) is 76.8 Å². The number of hydrogen-bond donors (Lipinski definition) is 1. The highest BCUT2D eigenvalue weighted by atomic mass is 28.4. The molecule has 2 aliphatic heterocycles. The molecule has 0 atom stereocenters. The lowest BCUT2D eigenvalue weighted by Gasteiger charge is -2.46. The first kappa shape index (κ1) is 27.4. The van der Waals surface area contributed by atoms with Gasteiger partial charge in [-0.15, -0.1) is 0 Å². The van der Waals surface area contributed by atoms with Gasteiger partial charge in [0.1, 0.15) is 11.6 Å². The highest BCUT2D eigenvalue weighted by Gasteiger charge is 2.44. The van der Waals surface area contributed by atoms with Gasteiger partial charge in [0.2, 0.25) is 0 Å². The second-order valence-corrected chi connectivity index (χ2v) is 17.5. The molecule has 7 heteroatoms. The van der Waals surface area contributed by atoms with Gasteiger partial charge in [-0.3, -0.25) is 4.90 Å². The minimum absolute atomic E-state index is 0.0441. The van der Waals surface area contributed by atoms with Crippen molar-refractivity contribution in [3.05, 3.63) is 65.1 Å². The van der Waals surface area contributed by atoms with E-state index in [9.17, 15) is 4.39 Å². The van der Waals surface area contributed by atoms with Crippen LogP contribution in [0.25, 0.3) is 10.9 Å². The number of halogens is 1. The van der Waals surface area contributed by atoms with E-state index in [0.29, 0.717) is 13.2 Å². The van der Waals surface area contributed by atoms with E-state index >= 15 is 0 Å². The van der Waals surface area contributed by atoms with Crippen molar-refractivity contribution in [3.63, 3.8) is 0 Å². The fourth-order valence-electron chi connectivity index (χ4n) is 6.20. The maximum absolute atomic E-state index is 14.7. The van der Waals surface area contributed by atoms with E-state index in [1.165, 1.54) is 22.2 Å². The molecule has 2 aliphatic rings. The Hall–Kier alpha value is -2.19. The molecule has 1 aromatic heterocycles. The van der Waals surface area contributed by atoms with Crippen molar-refractivity contribution in [3.8, 4) is 5.75 Å². The van der Waals surface area contributed by atoms with Crippen LogP contribution in [0.2, 0.25) is 18.1 Å². The molecule has 1 saturated heterocycles. The molecule has 0 unspecified atom stereocenters. The SMILES string of the molecule is COc1ccc2c3c(n(CCO[Si](C)(C)C(C)(C)C)c2c1)CN(Cc1ccccc1F)CC31CCNCC1. The third kappa shape index (κ3) is 5.06. The normalized spacial score (nSPS) is 18.2. The molecular weight excluding hydrogens is 493 g/mol. The average molecular weight is 538 g/mol. The monoisotopic (exact) mass is 537 g/mol. The van der Waals surface area contributed by atoms with Crippen molar-refractivity contribution in [1.29, 1.82) is 0 Å². The van der Waals surface area contributed by atoms with Gasteiger partial charge < -0.3 is 19.0 Å². The maximum atomic E-state index is 14.7. The molecule has 38 heavy (non-hydrogen) atoms. The zero-order valence-electron chi connectivity index (χ0n) is 24.0. The van der Waals surface area contributed by atoms with Crippen molar-refractivity contribution in [2.24, 2.45) is 0 Å². The molecule has 5 rings (SSSR count). The van der Waals surface area contributed by atoms with Gasteiger partial charge in [-0.2, -0.15) is 0 Å². The second-order valence-electron chi connectivity index (χ2n) is 12.7. The van der Waals surface area contributed by atoms with Crippen molar-refractivity contribution in [1.82, 2.24) is 14.8 Å². The number of ether oxygens (including phenoxy) is 1. The van der Waals surface area contributed by atoms with Crippen LogP contribution in [0.1, 0.15) is 50.4 Å². The molecule has 1 N–H and O–H groups in total. The molecule has 2 aromatic carbocycles. The van der Waals surface area contributed by atoms with Crippen LogP contribution in [-0.4, -0.2) is 51.1 Å². The van der Waals surface area contributed by atoms with Gasteiger partial charge in [-0.1, -0.05) is 39.0 Å². The molecule has 3 aromatic rings. The van der Waals surface area contributed by atoms with E-state index in [-0.39, 0.29) is 16.3 Å². The Kier molecular flexibility index (Phi) is 7.50. The Morgan fingerprint density at radius 2 is 1.82 bits per heavy atom. The van der Waals surface area contributed by atoms with E-state index in [1.807, 2.05) is 12.1 Å². The molecule has 0 bridgehead atoms. The quantitative estimate of drug-likeness (QED) is 0.352. The number of fused-ring (bicyclic) bond motifs is 4. The minimum Gasteiger partial charge on any atom is -0.497 e. The van der Waals surface area contributed by atoms with E-state index < -0.39 is 8.32 Å². The Balaban J connectivity index is 1.58. The van der Waals surface area contributed by atoms with Crippen LogP contribution in [0.15, 0.2) is 42.5 Å². The molecular formula is C31H44FN3O2Si. The number of methoxy groups -OCH3 is 1. The van der Waals surface area contributed by atoms with E-state index in [2.05, 4.69) is 66.8 Å². The zero-order chi connectivity index (χ0) is 27.1. The Bertz CT molecular complexity index is 1290. The zero-order valence-corrected chi connectivity index (χ0v) is 25.0. The highest BCUT2D eigenvalue weighted by Crippen LogP contribution is 2.46. The highest BCUT2D eigenvalue weighted by molar-refractivity contribution is 6.74. The van der Waals surface area contributed by atoms with E-state index in [1.54, 1.807) is 19.2 Å². The fourth-order valence-corrected chi connectivity index (χ4v) is 7.23. The summed E-state index contributed by atoms with van der Waals surface area (Å²) in [5, 5.41) is 5.08. The Labute approximate surface area is 228 Å². The number of aromatic nitrogens is 1. The summed E-state index contributed by atoms with van der Waals surface area (Å²) in [5.74, 6) is 0.757. The van der Waals surface area contributed by atoms with Crippen LogP contribution in [0.4, 0.5) is 4.39 Å². The van der Waals surface area contributed by atoms with Gasteiger partial charge in [0.05, 0.1) is 19.2 Å². The van der Waals surface area contributed by atoms with Gasteiger partial charge in [0.25, 0.3) is 0 Å². The van der Waals surface area contributed by atoms with Crippen molar-refractivity contribution < 1.29 is 13.6 Å². The number of nitrogens with one attached hydrogen (secondary N) is 1. The topological polar surface area (TPSA) is 38.7 Å². The second kappa shape index (κ2) is 10.4. The molecule has 0 saturated carbocycles. The van der Waals surface area contributed by atoms with Crippen LogP contribution in [0.5, 0.6) is 5.75 Å². The smallest absolute Gasteiger partial charge is 0.192 e. The average Bonchev–Trinajstić information content (AvgIpc) is 3.18. The predicted octanol–water partition coefficient (Wildman–Crippen LogP) is 6.45. The summed E-state index contributed by atoms with van der Waals surface area (Å²) in [6.07, 6.45) is 2.17. The summed E-state index contributed by atoms with van der Waals surface area (Å²) in [6.45, 7) is 17.4. The number of hydrogen-bond acceptors (Lipinski definition) is 4. The van der Waals surface area contributed by atoms with Crippen molar-refractivity contribution in [2.75, 3.05) is 33.4 Å². The summed E-state index contributed by atoms with van der Waals surface area (Å²) in [6, 6.07) is 13.8. The molecule has 0 aliphatic carbocycles. The first-order valence-electron chi connectivity index (χ1n) is 14.0. The fraction of sp³-hybridized carbons (Fsp3) is 0.548. The van der Waals surface area contributed by atoms with Crippen LogP contribution in [0.3, 0.4) is 0 Å². The summed E-state index contributed by atoms with van der Waals surface area (Å²) in [7, 11) is -0.132. The molecule has 0 radical (unpaired) electrons. The van der Waals surface area contributed by atoms with Gasteiger partial charge in [0.15, 0.2) is 8.32 Å². The largest absolute Gasteiger partial charge is 0.497 e. The Morgan fingerprint density at radius 1 is 1.08 bits per heavy atom. The lowest BCUT2D eigenvalue weighted by Crippen LogP contribution is -2.51. The third-order valence-corrected chi connectivity index (χ3v) is 13.8. The van der Waals surface area contributed by atoms with Crippen LogP contribution >= 0.6 is 0 Å². The molecule has 0 amide bonds. The first-order chi connectivity index (χ1) is 18.0. The number of rotatable bonds is 7. The number of piperidine rings is 1. The van der Waals surface area contributed by atoms with Crippen LogP contribution in [0, 0.1) is 5.82 Å². The molecule has 1 fully saturated rings. The summed E-state index contributed by atoms with van der Waals surface area (Å²) in [4.78, 5) is 2.47. The lowest BCUT2D eigenvalue weighted by atomic mass is 9.69. The summed E-state index contributed by atoms with van der Waals surface area (Å²) in [5.41, 5.74) is 4.89. The molecule has 1 spiro atoms. The predicted molar refractivity (Wildman–Crippen MR) is 156 cm³/mol. The summed E-state index contributed by atoms with van der Waals surface area (Å²) < 4.78 is 29.5. The molecule has 3 heterocycles. The minimum atomic E-state index is -1.87.